The molecule has 0 bridgehead atoms. The number of ether oxygens (including phenoxy) is 3. The molecule has 2 rings (SSSR count). The number of benzene rings is 2. The molecule has 6 nitrogen and oxygen atoms in total. The van der Waals surface area contributed by atoms with Gasteiger partial charge in [-0.1, -0.05) is 47.5 Å². The number of hydrogen-bond acceptors (Lipinski definition) is 5. The largest absolute Gasteiger partial charge is 0.500 e. The summed E-state index contributed by atoms with van der Waals surface area (Å²) in [5.41, 5.74) is 1.19. The van der Waals surface area contributed by atoms with Crippen LogP contribution >= 0.6 is 23.2 Å². The van der Waals surface area contributed by atoms with Crippen LogP contribution in [0.15, 0.2) is 42.2 Å². The maximum absolute atomic E-state index is 11.7. The van der Waals surface area contributed by atoms with Crippen molar-refractivity contribution in [2.45, 2.75) is 13.5 Å². The van der Waals surface area contributed by atoms with Crippen LogP contribution in [-0.2, 0) is 16.1 Å². The van der Waals surface area contributed by atoms with Crippen molar-refractivity contribution in [3.63, 3.8) is 0 Å². The SMILES string of the molecule is COC(C)=C(C(=O)O)c1ccccc1COc1cc(Cl)c(OCC#N)c(Cl)c1. The molecule has 0 fully saturated rings. The molecule has 0 aliphatic rings. The highest BCUT2D eigenvalue weighted by Gasteiger charge is 2.19. The first-order valence-electron chi connectivity index (χ1n) is 8.07. The number of aliphatic carboxylic acids is 1. The number of carbonyl (C=O) groups is 1. The van der Waals surface area contributed by atoms with Crippen LogP contribution < -0.4 is 9.47 Å². The average molecular weight is 422 g/mol. The summed E-state index contributed by atoms with van der Waals surface area (Å²) in [5, 5.41) is 18.6. The summed E-state index contributed by atoms with van der Waals surface area (Å²) in [6.07, 6.45) is 0. The zero-order chi connectivity index (χ0) is 20.7. The van der Waals surface area contributed by atoms with Crippen molar-refractivity contribution in [3.8, 4) is 17.6 Å². The normalized spacial score (nSPS) is 11.2. The van der Waals surface area contributed by atoms with Gasteiger partial charge in [0.25, 0.3) is 0 Å². The number of hydrogen-bond donors (Lipinski definition) is 1. The molecule has 146 valence electrons. The van der Waals surface area contributed by atoms with Gasteiger partial charge in [-0.15, -0.1) is 0 Å². The van der Waals surface area contributed by atoms with Crippen molar-refractivity contribution >= 4 is 34.7 Å². The molecule has 0 unspecified atom stereocenters. The zero-order valence-corrected chi connectivity index (χ0v) is 16.7. The monoisotopic (exact) mass is 421 g/mol. The molecule has 0 heterocycles. The van der Waals surface area contributed by atoms with Crippen LogP contribution in [0.3, 0.4) is 0 Å². The van der Waals surface area contributed by atoms with Crippen molar-refractivity contribution in [3.05, 3.63) is 63.3 Å². The van der Waals surface area contributed by atoms with E-state index in [4.69, 9.17) is 42.7 Å². The first kappa shape index (κ1) is 21.4. The lowest BCUT2D eigenvalue weighted by atomic mass is 9.99. The number of rotatable bonds is 8. The fourth-order valence-electron chi connectivity index (χ4n) is 2.47. The minimum Gasteiger partial charge on any atom is -0.500 e. The molecule has 0 radical (unpaired) electrons. The predicted octanol–water partition coefficient (Wildman–Crippen LogP) is 4.94. The highest BCUT2D eigenvalue weighted by molar-refractivity contribution is 6.37. The fourth-order valence-corrected chi connectivity index (χ4v) is 3.05. The van der Waals surface area contributed by atoms with Gasteiger partial charge in [0.15, 0.2) is 12.4 Å². The van der Waals surface area contributed by atoms with Crippen LogP contribution in [0.4, 0.5) is 0 Å². The van der Waals surface area contributed by atoms with Gasteiger partial charge in [0.1, 0.15) is 29.8 Å². The molecule has 0 atom stereocenters. The second-order valence-corrected chi connectivity index (χ2v) is 6.36. The lowest BCUT2D eigenvalue weighted by Crippen LogP contribution is -2.08. The molecule has 28 heavy (non-hydrogen) atoms. The molecule has 0 aliphatic heterocycles. The van der Waals surface area contributed by atoms with Gasteiger partial charge in [-0.3, -0.25) is 0 Å². The second-order valence-electron chi connectivity index (χ2n) is 5.55. The molecule has 0 saturated heterocycles. The van der Waals surface area contributed by atoms with Crippen LogP contribution in [0.2, 0.25) is 10.0 Å². The summed E-state index contributed by atoms with van der Waals surface area (Å²) in [6.45, 7) is 1.48. The molecule has 2 aromatic rings. The summed E-state index contributed by atoms with van der Waals surface area (Å²) in [4.78, 5) is 11.7. The number of carboxylic acids is 1. The Morgan fingerprint density at radius 3 is 2.39 bits per heavy atom. The second kappa shape index (κ2) is 9.88. The van der Waals surface area contributed by atoms with E-state index in [0.717, 1.165) is 0 Å². The van der Waals surface area contributed by atoms with Gasteiger partial charge in [-0.25, -0.2) is 4.79 Å². The molecule has 0 aliphatic carbocycles. The van der Waals surface area contributed by atoms with E-state index in [1.165, 1.54) is 19.2 Å². The summed E-state index contributed by atoms with van der Waals surface area (Å²) in [6, 6.07) is 11.8. The van der Waals surface area contributed by atoms with Crippen LogP contribution in [0, 0.1) is 11.3 Å². The summed E-state index contributed by atoms with van der Waals surface area (Å²) < 4.78 is 16.0. The van der Waals surface area contributed by atoms with Gasteiger partial charge in [-0.05, 0) is 18.1 Å². The van der Waals surface area contributed by atoms with Crippen LogP contribution in [0.1, 0.15) is 18.1 Å². The summed E-state index contributed by atoms with van der Waals surface area (Å²) in [5.74, 6) is -0.246. The molecule has 0 aromatic heterocycles. The van der Waals surface area contributed by atoms with Gasteiger partial charge < -0.3 is 19.3 Å². The quantitative estimate of drug-likeness (QED) is 0.479. The Morgan fingerprint density at radius 1 is 1.18 bits per heavy atom. The van der Waals surface area contributed by atoms with Gasteiger partial charge in [0.05, 0.1) is 17.2 Å². The van der Waals surface area contributed by atoms with Crippen LogP contribution in [-0.4, -0.2) is 24.8 Å². The third-order valence-corrected chi connectivity index (χ3v) is 4.37. The molecule has 0 spiro atoms. The number of nitriles is 1. The Balaban J connectivity index is 2.30. The molecule has 2 aromatic carbocycles. The predicted molar refractivity (Wildman–Crippen MR) is 106 cm³/mol. The number of nitrogens with zero attached hydrogens (tertiary/aromatic N) is 1. The molecular weight excluding hydrogens is 405 g/mol. The van der Waals surface area contributed by atoms with Crippen molar-refractivity contribution in [2.24, 2.45) is 0 Å². The topological polar surface area (TPSA) is 88.8 Å². The molecule has 0 saturated carbocycles. The smallest absolute Gasteiger partial charge is 0.339 e. The van der Waals surface area contributed by atoms with Gasteiger partial charge in [0.2, 0.25) is 0 Å². The minimum atomic E-state index is -1.10. The number of methoxy groups -OCH3 is 1. The highest BCUT2D eigenvalue weighted by atomic mass is 35.5. The van der Waals surface area contributed by atoms with E-state index in [0.29, 0.717) is 16.9 Å². The Hall–Kier alpha value is -2.88. The summed E-state index contributed by atoms with van der Waals surface area (Å²) in [7, 11) is 1.41. The fraction of sp³-hybridized carbons (Fsp3) is 0.200. The van der Waals surface area contributed by atoms with Crippen LogP contribution in [0.5, 0.6) is 11.5 Å². The van der Waals surface area contributed by atoms with Gasteiger partial charge in [0, 0.05) is 12.1 Å². The van der Waals surface area contributed by atoms with Crippen LogP contribution in [0.25, 0.3) is 5.57 Å². The van der Waals surface area contributed by atoms with E-state index in [1.54, 1.807) is 31.2 Å². The Bertz CT molecular complexity index is 927. The molecule has 0 amide bonds. The van der Waals surface area contributed by atoms with E-state index in [-0.39, 0.29) is 40.3 Å². The molecule has 1 N–H and O–H groups in total. The Labute approximate surface area is 172 Å². The van der Waals surface area contributed by atoms with E-state index in [2.05, 4.69) is 0 Å². The third kappa shape index (κ3) is 5.10. The third-order valence-electron chi connectivity index (χ3n) is 3.81. The standard InChI is InChI=1S/C20H17Cl2NO5/c1-12(26-2)18(20(24)25)15-6-4-3-5-13(15)11-28-14-9-16(21)19(17(22)10-14)27-8-7-23/h3-6,9-10H,8,11H2,1-2H3,(H,24,25). The van der Waals surface area contributed by atoms with Crippen molar-refractivity contribution < 1.29 is 24.1 Å². The Kier molecular flexibility index (Phi) is 7.56. The lowest BCUT2D eigenvalue weighted by molar-refractivity contribution is -0.130. The molecular formula is C20H17Cl2NO5. The maximum Gasteiger partial charge on any atom is 0.339 e. The number of carboxylic acid groups (broad SMARTS) is 1. The van der Waals surface area contributed by atoms with Crippen molar-refractivity contribution in [1.82, 2.24) is 0 Å². The van der Waals surface area contributed by atoms with E-state index >= 15 is 0 Å². The summed E-state index contributed by atoms with van der Waals surface area (Å²) >= 11 is 12.3. The first-order valence-corrected chi connectivity index (χ1v) is 8.82. The van der Waals surface area contributed by atoms with E-state index in [9.17, 15) is 9.90 Å². The Morgan fingerprint density at radius 2 is 1.82 bits per heavy atom. The highest BCUT2D eigenvalue weighted by Crippen LogP contribution is 2.37. The minimum absolute atomic E-state index is 0.0537. The maximum atomic E-state index is 11.7. The molecule has 8 heteroatoms. The number of allylic oxidation sites excluding steroid dienone is 1. The van der Waals surface area contributed by atoms with Crippen molar-refractivity contribution in [1.29, 1.82) is 5.26 Å². The van der Waals surface area contributed by atoms with Gasteiger partial charge in [-0.2, -0.15) is 5.26 Å². The zero-order valence-electron chi connectivity index (χ0n) is 15.2. The van der Waals surface area contributed by atoms with Crippen molar-refractivity contribution in [2.75, 3.05) is 13.7 Å². The van der Waals surface area contributed by atoms with Gasteiger partial charge >= 0.3 is 5.97 Å². The van der Waals surface area contributed by atoms with E-state index in [1.807, 2.05) is 6.07 Å². The first-order chi connectivity index (χ1) is 13.4. The average Bonchev–Trinajstić information content (AvgIpc) is 2.66. The number of halogens is 2. The lowest BCUT2D eigenvalue weighted by Gasteiger charge is -2.15. The van der Waals surface area contributed by atoms with E-state index < -0.39 is 5.97 Å².